The SMILES string of the molecule is CCCC(=O)Cc1cc2c3c([nH]c2cc1OC(=O)N1CCN(C)CC1)S(=O)C[C@@H]1NC(=O)CNC(=O)[C@H]([C@@H](C)CC)NC(=O)CNC(=O)[C@H](C3)NC(=O)[C@H](C(C)C(O)CO)NC(=O)[C@@H]2C[C@@H](O)CN2C(=O)[C@H](CC(N)=O)CC1=O. The Kier molecular flexibility index (Phi) is 21.2. The van der Waals surface area contributed by atoms with Crippen molar-refractivity contribution < 1.29 is 77.0 Å². The van der Waals surface area contributed by atoms with Crippen LogP contribution in [0, 0.1) is 17.8 Å². The number of ketones is 2. The van der Waals surface area contributed by atoms with Gasteiger partial charge in [0.05, 0.1) is 65.9 Å². The molecule has 2 bridgehead atoms. The highest BCUT2D eigenvalue weighted by atomic mass is 32.2. The normalized spacial score (nSPS) is 26.8. The molecule has 2 saturated heterocycles. The van der Waals surface area contributed by atoms with Gasteiger partial charge in [-0.15, -0.1) is 0 Å². The first-order valence-electron chi connectivity index (χ1n) is 26.5. The van der Waals surface area contributed by atoms with Crippen LogP contribution in [0.2, 0.25) is 0 Å². The molecule has 79 heavy (non-hydrogen) atoms. The molecule has 1 aromatic carbocycles. The zero-order chi connectivity index (χ0) is 58.0. The summed E-state index contributed by atoms with van der Waals surface area (Å²) < 4.78 is 21.2. The fourth-order valence-corrected chi connectivity index (χ4v) is 11.4. The number of aliphatic hydroxyl groups excluding tert-OH is 3. The lowest BCUT2D eigenvalue weighted by Gasteiger charge is -2.32. The molecule has 0 radical (unpaired) electrons. The van der Waals surface area contributed by atoms with Crippen molar-refractivity contribution in [2.45, 2.75) is 127 Å². The number of fused-ring (bicyclic) bond motifs is 5. The van der Waals surface area contributed by atoms with Gasteiger partial charge in [-0.25, -0.2) is 4.79 Å². The number of benzene rings is 1. The number of nitrogens with zero attached hydrogens (tertiary/aromatic N) is 3. The van der Waals surface area contributed by atoms with Crippen LogP contribution in [0.3, 0.4) is 0 Å². The average molecular weight is 1130 g/mol. The van der Waals surface area contributed by atoms with Crippen LogP contribution in [0.25, 0.3) is 10.9 Å². The third-order valence-corrected chi connectivity index (χ3v) is 16.3. The van der Waals surface area contributed by atoms with Crippen molar-refractivity contribution >= 4 is 86.6 Å². The van der Waals surface area contributed by atoms with Crippen LogP contribution in [-0.2, 0) is 71.6 Å². The van der Waals surface area contributed by atoms with Crippen LogP contribution < -0.4 is 42.4 Å². The smallest absolute Gasteiger partial charge is 0.410 e. The van der Waals surface area contributed by atoms with Gasteiger partial charge in [-0.05, 0) is 31.0 Å². The van der Waals surface area contributed by atoms with E-state index in [1.54, 1.807) is 20.8 Å². The molecule has 0 aliphatic carbocycles. The molecule has 5 heterocycles. The lowest BCUT2D eigenvalue weighted by atomic mass is 9.93. The summed E-state index contributed by atoms with van der Waals surface area (Å²) in [6, 6.07) is -5.41. The minimum absolute atomic E-state index is 0.00428. The van der Waals surface area contributed by atoms with Gasteiger partial charge < -0.3 is 77.4 Å². The molecule has 0 spiro atoms. The fourth-order valence-electron chi connectivity index (χ4n) is 10.0. The Labute approximate surface area is 458 Å². The summed E-state index contributed by atoms with van der Waals surface area (Å²) in [4.78, 5) is 162. The molecular formula is C51H73N11O16S. The van der Waals surface area contributed by atoms with E-state index in [-0.39, 0.29) is 51.4 Å². The molecule has 9 amide bonds. The molecule has 6 rings (SSSR count). The van der Waals surface area contributed by atoms with Crippen molar-refractivity contribution in [3.8, 4) is 5.75 Å². The minimum Gasteiger partial charge on any atom is -0.410 e. The highest BCUT2D eigenvalue weighted by molar-refractivity contribution is 7.85. The number of aliphatic hydroxyl groups is 3. The van der Waals surface area contributed by atoms with E-state index in [0.717, 1.165) is 4.90 Å². The van der Waals surface area contributed by atoms with Crippen LogP contribution in [0.15, 0.2) is 17.2 Å². The number of hydrogen-bond donors (Lipinski definition) is 11. The first-order chi connectivity index (χ1) is 37.4. The number of likely N-dealkylation sites (N-methyl/N-ethyl adjacent to an activating group) is 1. The van der Waals surface area contributed by atoms with Crippen LogP contribution in [0.5, 0.6) is 5.75 Å². The lowest BCUT2D eigenvalue weighted by molar-refractivity contribution is -0.145. The summed E-state index contributed by atoms with van der Waals surface area (Å²) in [7, 11) is -0.587. The molecule has 27 nitrogen and oxygen atoms in total. The molecular weight excluding hydrogens is 1050 g/mol. The van der Waals surface area contributed by atoms with Crippen molar-refractivity contribution in [3.05, 3.63) is 23.3 Å². The van der Waals surface area contributed by atoms with Gasteiger partial charge in [0.15, 0.2) is 5.78 Å². The van der Waals surface area contributed by atoms with E-state index in [1.165, 1.54) is 24.0 Å². The Morgan fingerprint density at radius 3 is 2.16 bits per heavy atom. The average Bonchev–Trinajstić information content (AvgIpc) is 4.03. The number of rotatable bonds is 12. The standard InChI is InChI=1S/C51H73N11O16S/c1-6-8-29(64)13-27-14-31-32-18-34-45(71)53-21-42(70)58-43(25(3)7-2)47(73)54-20-41(69)55-35(24-79(77)49(32)57-33(31)19-39(27)78-51(76)61-11-9-60(5)10-12-61)37(66)15-28(16-40(52)68)50(75)62-22-30(65)17-36(62)46(72)59-44(48(74)56-34)26(4)38(67)23-63/h14,19,25-26,28,30,34-36,38,43-44,57,63,65,67H,6-13,15-18,20-24H2,1-5H3,(H2,52,68)(H,53,71)(H,54,73)(H,55,69)(H,56,74)(H,58,70)(H,59,72)/t25-,26?,28-,30+,34-,35-,36-,38?,43-,44-,79?/m0/s1. The largest absolute Gasteiger partial charge is 0.415 e. The van der Waals surface area contributed by atoms with Crippen molar-refractivity contribution in [1.29, 1.82) is 0 Å². The molecule has 1 aromatic heterocycles. The number of nitrogens with one attached hydrogen (secondary N) is 7. The summed E-state index contributed by atoms with van der Waals surface area (Å²) >= 11 is 0. The molecule has 4 aliphatic heterocycles. The minimum atomic E-state index is -2.49. The van der Waals surface area contributed by atoms with Gasteiger partial charge in [0, 0.05) is 94.2 Å². The number of nitrogens with two attached hydrogens (primary N) is 1. The Morgan fingerprint density at radius 1 is 0.848 bits per heavy atom. The second-order valence-electron chi connectivity index (χ2n) is 20.9. The van der Waals surface area contributed by atoms with E-state index >= 15 is 4.21 Å². The zero-order valence-electron chi connectivity index (χ0n) is 44.9. The Morgan fingerprint density at radius 2 is 1.52 bits per heavy atom. The number of primary amides is 1. The van der Waals surface area contributed by atoms with Crippen LogP contribution in [0.1, 0.15) is 77.3 Å². The highest BCUT2D eigenvalue weighted by Crippen LogP contribution is 2.34. The molecule has 434 valence electrons. The van der Waals surface area contributed by atoms with Gasteiger partial charge >= 0.3 is 6.09 Å². The fraction of sp³-hybridized carbons (Fsp3) is 0.627. The van der Waals surface area contributed by atoms with Crippen molar-refractivity contribution in [2.75, 3.05) is 65.2 Å². The van der Waals surface area contributed by atoms with E-state index < -0.39 is 188 Å². The highest BCUT2D eigenvalue weighted by Gasteiger charge is 2.45. The third-order valence-electron chi connectivity index (χ3n) is 14.9. The van der Waals surface area contributed by atoms with Crippen molar-refractivity contribution in [2.24, 2.45) is 23.5 Å². The van der Waals surface area contributed by atoms with Gasteiger partial charge in [-0.2, -0.15) is 0 Å². The maximum absolute atomic E-state index is 15.3. The van der Waals surface area contributed by atoms with E-state index in [2.05, 4.69) is 36.9 Å². The number of ether oxygens (including phenoxy) is 1. The second kappa shape index (κ2) is 27.3. The molecule has 11 atom stereocenters. The summed E-state index contributed by atoms with van der Waals surface area (Å²) in [5.74, 6) is -13.7. The van der Waals surface area contributed by atoms with Gasteiger partial charge in [0.25, 0.3) is 0 Å². The van der Waals surface area contributed by atoms with Crippen molar-refractivity contribution in [1.82, 2.24) is 51.6 Å². The number of carbonyl (C=O) groups excluding carboxylic acids is 11. The molecule has 4 aliphatic rings. The van der Waals surface area contributed by atoms with E-state index in [4.69, 9.17) is 10.5 Å². The Bertz CT molecular complexity index is 2710. The molecule has 12 N–H and O–H groups in total. The van der Waals surface area contributed by atoms with Crippen LogP contribution in [-0.4, -0.2) is 212 Å². The van der Waals surface area contributed by atoms with Gasteiger partial charge in [-0.1, -0.05) is 34.1 Å². The number of aromatic nitrogens is 1. The summed E-state index contributed by atoms with van der Waals surface area (Å²) in [6.45, 7) is 5.23. The predicted molar refractivity (Wildman–Crippen MR) is 280 cm³/mol. The number of hydrogen-bond acceptors (Lipinski definition) is 17. The topological polar surface area (TPSA) is 398 Å². The summed E-state index contributed by atoms with van der Waals surface area (Å²) in [5.41, 5.74) is 5.92. The first-order valence-corrected chi connectivity index (χ1v) is 27.8. The van der Waals surface area contributed by atoms with Crippen molar-refractivity contribution in [3.63, 3.8) is 0 Å². The van der Waals surface area contributed by atoms with Gasteiger partial charge in [-0.3, -0.25) is 52.2 Å². The molecule has 28 heteroatoms. The maximum atomic E-state index is 15.3. The number of carbonyl (C=O) groups is 11. The number of H-pyrrole nitrogens is 1. The van der Waals surface area contributed by atoms with E-state index in [0.29, 0.717) is 39.0 Å². The third kappa shape index (κ3) is 15.5. The number of aromatic amines is 1. The Balaban J connectivity index is 1.61. The molecule has 0 saturated carbocycles. The quantitative estimate of drug-likeness (QED) is 0.0968. The van der Waals surface area contributed by atoms with E-state index in [9.17, 15) is 68.1 Å². The lowest BCUT2D eigenvalue weighted by Crippen LogP contribution is -2.61. The zero-order valence-corrected chi connectivity index (χ0v) is 45.7. The molecule has 2 aromatic rings. The summed E-state index contributed by atoms with van der Waals surface area (Å²) in [5, 5.41) is 46.9. The molecule has 2 fully saturated rings. The van der Waals surface area contributed by atoms with Gasteiger partial charge in [0.1, 0.15) is 40.7 Å². The number of piperazine rings is 1. The van der Waals surface area contributed by atoms with Gasteiger partial charge in [0.2, 0.25) is 47.3 Å². The monoisotopic (exact) mass is 1130 g/mol. The second-order valence-corrected chi connectivity index (χ2v) is 22.3. The Hall–Kier alpha value is -6.88. The maximum Gasteiger partial charge on any atom is 0.415 e. The van der Waals surface area contributed by atoms with E-state index in [1.807, 2.05) is 11.9 Å². The number of Topliss-reactive ketones (excluding diaryl/α,β-unsaturated/α-hetero) is 2. The number of amides is 9. The first kappa shape index (κ1) is 61.3. The predicted octanol–water partition coefficient (Wildman–Crippen LogP) is -3.88. The summed E-state index contributed by atoms with van der Waals surface area (Å²) in [6.07, 6.45) is -5.79. The molecule has 3 unspecified atom stereocenters. The van der Waals surface area contributed by atoms with Crippen LogP contribution >= 0.6 is 0 Å². The van der Waals surface area contributed by atoms with Crippen LogP contribution in [0.4, 0.5) is 4.79 Å².